The van der Waals surface area contributed by atoms with Crippen LogP contribution in [-0.2, 0) is 24.4 Å². The molecule has 15 nitrogen and oxygen atoms in total. The third-order valence-corrected chi connectivity index (χ3v) is 14.0. The molecule has 6 atom stereocenters. The van der Waals surface area contributed by atoms with Crippen LogP contribution in [0.25, 0.3) is 11.3 Å². The summed E-state index contributed by atoms with van der Waals surface area (Å²) in [4.78, 5) is 77.9. The maximum atomic E-state index is 14.7. The summed E-state index contributed by atoms with van der Waals surface area (Å²) in [6.07, 6.45) is 8.27. The number of nitrogens with zero attached hydrogens (tertiary/aromatic N) is 3. The van der Waals surface area contributed by atoms with Crippen molar-refractivity contribution in [1.82, 2.24) is 35.5 Å². The number of rotatable bonds is 7. The number of urea groups is 1. The zero-order valence-electron chi connectivity index (χ0n) is 32.2. The van der Waals surface area contributed by atoms with E-state index in [4.69, 9.17) is 4.74 Å². The third kappa shape index (κ3) is 8.43. The van der Waals surface area contributed by atoms with Crippen molar-refractivity contribution in [3.8, 4) is 17.0 Å². The molecule has 4 N–H and O–H groups in total. The quantitative estimate of drug-likeness (QED) is 0.304. The Labute approximate surface area is 331 Å². The fourth-order valence-corrected chi connectivity index (χ4v) is 10.3. The number of thiazole rings is 1. The van der Waals surface area contributed by atoms with Crippen molar-refractivity contribution in [3.63, 3.8) is 0 Å². The largest absolute Gasteiger partial charge is 0.497 e. The minimum Gasteiger partial charge on any atom is -0.497 e. The van der Waals surface area contributed by atoms with Crippen molar-refractivity contribution in [3.05, 3.63) is 46.8 Å². The standard InChI is InChI=1S/C39H51N7O8S2/c1-38(2,3)43-37(51)41-29-11-9-7-5-6-8-10-25-18-39(25,36(50)44-56(52,53)27-16-17-27)42-32(47)31-28-21-45(19-24(28)20-46(31)34(29)48)35(49)33-40-30(22-55-33)23-12-14-26(54-4)15-13-23/h8,10,12-15,22,24-25,27-29,31H,5-7,9,11,16-21H2,1-4H3,(H,42,47)(H,44,50)(H2,41,43,51)/b10-8-/t24-,25-,28-,29-,31-,39+/m0/s1. The number of aromatic nitrogens is 1. The van der Waals surface area contributed by atoms with E-state index < -0.39 is 74.0 Å². The van der Waals surface area contributed by atoms with Crippen molar-refractivity contribution < 1.29 is 37.1 Å². The SMILES string of the molecule is COc1ccc(-c2csc(C(=O)N3C[C@H]4CN5C(=O)[C@@H](NC(=O)NC(C)(C)C)CCCCC/C=C\[C@H]6C[C@@]6(C(=O)NS(=O)(=O)C6CC6)NC(=O)[C@@H]5[C@H]4C3)n2)cc1. The summed E-state index contributed by atoms with van der Waals surface area (Å²) in [6.45, 7) is 6.10. The van der Waals surface area contributed by atoms with Crippen LogP contribution in [0.4, 0.5) is 4.79 Å². The lowest BCUT2D eigenvalue weighted by Gasteiger charge is -2.33. The van der Waals surface area contributed by atoms with Gasteiger partial charge in [-0.05, 0) is 83.6 Å². The fraction of sp³-hybridized carbons (Fsp3) is 0.590. The van der Waals surface area contributed by atoms with Crippen molar-refractivity contribution in [2.24, 2.45) is 17.8 Å². The Morgan fingerprint density at radius 2 is 1.77 bits per heavy atom. The highest BCUT2D eigenvalue weighted by Gasteiger charge is 2.63. The van der Waals surface area contributed by atoms with E-state index in [-0.39, 0.29) is 37.9 Å². The summed E-state index contributed by atoms with van der Waals surface area (Å²) in [5.74, 6) is -2.60. The van der Waals surface area contributed by atoms with Gasteiger partial charge in [-0.1, -0.05) is 25.0 Å². The minimum atomic E-state index is -3.91. The van der Waals surface area contributed by atoms with Crippen LogP contribution in [0.3, 0.4) is 0 Å². The van der Waals surface area contributed by atoms with Crippen molar-refractivity contribution in [1.29, 1.82) is 0 Å². The molecule has 1 aromatic carbocycles. The van der Waals surface area contributed by atoms with Crippen LogP contribution >= 0.6 is 11.3 Å². The number of hydrogen-bond acceptors (Lipinski definition) is 10. The Morgan fingerprint density at radius 1 is 1.02 bits per heavy atom. The number of fused-ring (bicyclic) bond motifs is 4. The zero-order chi connectivity index (χ0) is 40.0. The zero-order valence-corrected chi connectivity index (χ0v) is 33.8. The molecule has 17 heteroatoms. The van der Waals surface area contributed by atoms with Crippen LogP contribution in [0.15, 0.2) is 41.8 Å². The van der Waals surface area contributed by atoms with Gasteiger partial charge in [0.25, 0.3) is 11.8 Å². The molecular weight excluding hydrogens is 759 g/mol. The Hall–Kier alpha value is -4.51. The third-order valence-electron chi connectivity index (χ3n) is 11.4. The van der Waals surface area contributed by atoms with Crippen LogP contribution < -0.4 is 25.4 Å². The number of hydrogen-bond donors (Lipinski definition) is 4. The first-order valence-corrected chi connectivity index (χ1v) is 21.8. The van der Waals surface area contributed by atoms with Crippen molar-refractivity contribution in [2.75, 3.05) is 26.7 Å². The van der Waals surface area contributed by atoms with Crippen molar-refractivity contribution >= 4 is 51.0 Å². The van der Waals surface area contributed by atoms with Gasteiger partial charge >= 0.3 is 6.03 Å². The van der Waals surface area contributed by atoms with E-state index >= 15 is 0 Å². The van der Waals surface area contributed by atoms with Crippen LogP contribution in [-0.4, -0.2) is 108 Å². The molecule has 0 spiro atoms. The Bertz CT molecular complexity index is 2010. The molecule has 2 aliphatic carbocycles. The van der Waals surface area contributed by atoms with E-state index in [9.17, 15) is 32.4 Å². The molecule has 3 aliphatic heterocycles. The molecule has 0 bridgehead atoms. The second-order valence-electron chi connectivity index (χ2n) is 16.7. The summed E-state index contributed by atoms with van der Waals surface area (Å²) < 4.78 is 33.3. The van der Waals surface area contributed by atoms with E-state index in [1.165, 1.54) is 16.2 Å². The highest BCUT2D eigenvalue weighted by molar-refractivity contribution is 7.91. The van der Waals surface area contributed by atoms with Gasteiger partial charge < -0.3 is 30.5 Å². The van der Waals surface area contributed by atoms with Crippen LogP contribution in [0.5, 0.6) is 5.75 Å². The number of nitrogens with one attached hydrogen (secondary N) is 4. The molecule has 1 aromatic heterocycles. The highest BCUT2D eigenvalue weighted by atomic mass is 32.2. The van der Waals surface area contributed by atoms with E-state index in [1.807, 2.05) is 62.6 Å². The molecule has 56 heavy (non-hydrogen) atoms. The maximum absolute atomic E-state index is 14.7. The molecular formula is C39H51N7O8S2. The summed E-state index contributed by atoms with van der Waals surface area (Å²) in [6, 6.07) is 4.86. The number of sulfonamides is 1. The van der Waals surface area contributed by atoms with Crippen LogP contribution in [0.2, 0.25) is 0 Å². The number of likely N-dealkylation sites (tertiary alicyclic amines) is 1. The smallest absolute Gasteiger partial charge is 0.315 e. The normalized spacial score (nSPS) is 28.8. The lowest BCUT2D eigenvalue weighted by Crippen LogP contribution is -2.60. The predicted octanol–water partition coefficient (Wildman–Crippen LogP) is 3.19. The molecule has 2 aromatic rings. The van der Waals surface area contributed by atoms with Gasteiger partial charge in [0.2, 0.25) is 21.8 Å². The molecule has 2 saturated heterocycles. The highest BCUT2D eigenvalue weighted by Crippen LogP contribution is 2.47. The molecule has 4 fully saturated rings. The van der Waals surface area contributed by atoms with Crippen LogP contribution in [0, 0.1) is 17.8 Å². The van der Waals surface area contributed by atoms with E-state index in [0.29, 0.717) is 48.6 Å². The lowest BCUT2D eigenvalue weighted by molar-refractivity contribution is -0.142. The first-order valence-electron chi connectivity index (χ1n) is 19.4. The molecule has 302 valence electrons. The van der Waals surface area contributed by atoms with Crippen LogP contribution in [0.1, 0.15) is 81.9 Å². The average molecular weight is 810 g/mol. The van der Waals surface area contributed by atoms with Gasteiger partial charge in [0.05, 0.1) is 18.1 Å². The first-order chi connectivity index (χ1) is 26.6. The summed E-state index contributed by atoms with van der Waals surface area (Å²) in [7, 11) is -2.32. The van der Waals surface area contributed by atoms with E-state index in [1.54, 1.807) is 12.0 Å². The van der Waals surface area contributed by atoms with E-state index in [0.717, 1.165) is 18.4 Å². The number of methoxy groups -OCH3 is 1. The van der Waals surface area contributed by atoms with Gasteiger partial charge in [0.15, 0.2) is 5.01 Å². The number of ether oxygens (including phenoxy) is 1. The second-order valence-corrected chi connectivity index (χ2v) is 19.6. The lowest BCUT2D eigenvalue weighted by atomic mass is 9.93. The topological polar surface area (TPSA) is 196 Å². The molecule has 7 rings (SSSR count). The molecule has 5 aliphatic rings. The van der Waals surface area contributed by atoms with Gasteiger partial charge in [0, 0.05) is 53.9 Å². The van der Waals surface area contributed by atoms with Gasteiger partial charge in [-0.2, -0.15) is 0 Å². The Morgan fingerprint density at radius 3 is 2.46 bits per heavy atom. The van der Waals surface area contributed by atoms with E-state index in [2.05, 4.69) is 25.7 Å². The van der Waals surface area contributed by atoms with Crippen molar-refractivity contribution in [2.45, 2.75) is 101 Å². The first kappa shape index (κ1) is 39.7. The second kappa shape index (κ2) is 15.4. The Balaban J connectivity index is 1.16. The summed E-state index contributed by atoms with van der Waals surface area (Å²) in [5, 5.41) is 10.1. The van der Waals surface area contributed by atoms with Gasteiger partial charge in [-0.25, -0.2) is 18.2 Å². The fourth-order valence-electron chi connectivity index (χ4n) is 8.17. The number of amides is 6. The number of carbonyl (C=O) groups is 5. The molecule has 0 unspecified atom stereocenters. The number of benzene rings is 1. The molecule has 0 radical (unpaired) electrons. The minimum absolute atomic E-state index is 0.151. The monoisotopic (exact) mass is 809 g/mol. The summed E-state index contributed by atoms with van der Waals surface area (Å²) >= 11 is 1.23. The maximum Gasteiger partial charge on any atom is 0.315 e. The average Bonchev–Trinajstić information content (AvgIpc) is 3.96. The molecule has 4 heterocycles. The predicted molar refractivity (Wildman–Crippen MR) is 209 cm³/mol. The number of carbonyl (C=O) groups excluding carboxylic acids is 5. The number of allylic oxidation sites excluding steroid dienone is 1. The van der Waals surface area contributed by atoms with Gasteiger partial charge in [-0.3, -0.25) is 23.9 Å². The van der Waals surface area contributed by atoms with Gasteiger partial charge in [0.1, 0.15) is 23.4 Å². The van der Waals surface area contributed by atoms with Gasteiger partial charge in [-0.15, -0.1) is 11.3 Å². The molecule has 6 amide bonds. The summed E-state index contributed by atoms with van der Waals surface area (Å²) in [5.41, 5.74) is -0.596. The molecule has 2 saturated carbocycles. The Kier molecular flexibility index (Phi) is 11.0.